The number of amides is 2. The Morgan fingerprint density at radius 1 is 1.22 bits per heavy atom. The summed E-state index contributed by atoms with van der Waals surface area (Å²) in [6.45, 7) is 0.388. The number of carbonyl (C=O) groups excluding carboxylic acids is 2. The molecule has 1 N–H and O–H groups in total. The molecule has 2 heterocycles. The van der Waals surface area contributed by atoms with Crippen LogP contribution < -0.4 is 24.4 Å². The number of methoxy groups -OCH3 is 1. The van der Waals surface area contributed by atoms with Gasteiger partial charge in [0.25, 0.3) is 0 Å². The van der Waals surface area contributed by atoms with Crippen LogP contribution in [-0.4, -0.2) is 32.3 Å². The van der Waals surface area contributed by atoms with Gasteiger partial charge in [0.15, 0.2) is 23.1 Å². The fourth-order valence-electron chi connectivity index (χ4n) is 3.17. The van der Waals surface area contributed by atoms with Crippen molar-refractivity contribution in [3.63, 3.8) is 0 Å². The summed E-state index contributed by atoms with van der Waals surface area (Å²) in [6, 6.07) is 9.38. The first kappa shape index (κ1) is 17.1. The van der Waals surface area contributed by atoms with E-state index in [1.807, 2.05) is 0 Å². The molecule has 2 aromatic rings. The normalized spacial score (nSPS) is 17.9. The lowest BCUT2D eigenvalue weighted by molar-refractivity contribution is -0.122. The SMILES string of the molecule is COc1ccc(NC(=O)C2CC(=O)N(c3ccc4c(c3)OCO4)C2)cc1F. The number of rotatable bonds is 4. The quantitative estimate of drug-likeness (QED) is 0.893. The molecule has 2 aromatic carbocycles. The van der Waals surface area contributed by atoms with Gasteiger partial charge in [-0.1, -0.05) is 0 Å². The maximum Gasteiger partial charge on any atom is 0.231 e. The largest absolute Gasteiger partial charge is 0.494 e. The highest BCUT2D eigenvalue weighted by Crippen LogP contribution is 2.37. The van der Waals surface area contributed by atoms with Crippen LogP contribution in [0.15, 0.2) is 36.4 Å². The summed E-state index contributed by atoms with van der Waals surface area (Å²) in [5.41, 5.74) is 0.960. The van der Waals surface area contributed by atoms with Gasteiger partial charge in [-0.15, -0.1) is 0 Å². The van der Waals surface area contributed by atoms with E-state index in [1.54, 1.807) is 29.2 Å². The molecule has 1 saturated heterocycles. The molecule has 0 saturated carbocycles. The molecule has 1 unspecified atom stereocenters. The second-order valence-corrected chi connectivity index (χ2v) is 6.28. The van der Waals surface area contributed by atoms with Crippen LogP contribution in [0.5, 0.6) is 17.2 Å². The standard InChI is InChI=1S/C19H17FN2O5/c1-25-15-4-2-12(7-14(15)20)21-19(24)11-6-18(23)22(9-11)13-3-5-16-17(8-13)27-10-26-16/h2-5,7-8,11H,6,9-10H2,1H3,(H,21,24). The monoisotopic (exact) mass is 372 g/mol. The second kappa shape index (κ2) is 6.79. The zero-order valence-corrected chi connectivity index (χ0v) is 14.5. The first-order valence-electron chi connectivity index (χ1n) is 8.39. The summed E-state index contributed by atoms with van der Waals surface area (Å²) in [5.74, 6) is -0.305. The summed E-state index contributed by atoms with van der Waals surface area (Å²) in [5, 5.41) is 2.65. The van der Waals surface area contributed by atoms with Crippen molar-refractivity contribution in [2.75, 3.05) is 30.7 Å². The summed E-state index contributed by atoms with van der Waals surface area (Å²) >= 11 is 0. The summed E-state index contributed by atoms with van der Waals surface area (Å²) in [6.07, 6.45) is 0.0823. The minimum atomic E-state index is -0.570. The molecule has 8 heteroatoms. The van der Waals surface area contributed by atoms with E-state index < -0.39 is 11.7 Å². The minimum absolute atomic E-state index is 0.0823. The second-order valence-electron chi connectivity index (χ2n) is 6.28. The Hall–Kier alpha value is -3.29. The Morgan fingerprint density at radius 2 is 2.04 bits per heavy atom. The van der Waals surface area contributed by atoms with E-state index in [-0.39, 0.29) is 37.3 Å². The number of nitrogens with one attached hydrogen (secondary N) is 1. The molecule has 4 rings (SSSR count). The maximum atomic E-state index is 13.8. The van der Waals surface area contributed by atoms with Gasteiger partial charge in [0.05, 0.1) is 13.0 Å². The predicted molar refractivity (Wildman–Crippen MR) is 94.6 cm³/mol. The number of carbonyl (C=O) groups is 2. The van der Waals surface area contributed by atoms with Crippen LogP contribution in [-0.2, 0) is 9.59 Å². The molecule has 0 aliphatic carbocycles. The highest BCUT2D eigenvalue weighted by Gasteiger charge is 2.35. The zero-order chi connectivity index (χ0) is 19.0. The number of fused-ring (bicyclic) bond motifs is 1. The third kappa shape index (κ3) is 3.25. The molecule has 2 aliphatic heterocycles. The third-order valence-electron chi connectivity index (χ3n) is 4.58. The van der Waals surface area contributed by atoms with E-state index in [1.165, 1.54) is 19.2 Å². The Morgan fingerprint density at radius 3 is 2.81 bits per heavy atom. The number of ether oxygens (including phenoxy) is 3. The van der Waals surface area contributed by atoms with Crippen molar-refractivity contribution in [2.45, 2.75) is 6.42 Å². The van der Waals surface area contributed by atoms with Crippen LogP contribution in [0.3, 0.4) is 0 Å². The zero-order valence-electron chi connectivity index (χ0n) is 14.5. The Bertz CT molecular complexity index is 917. The lowest BCUT2D eigenvalue weighted by atomic mass is 10.1. The fourth-order valence-corrected chi connectivity index (χ4v) is 3.17. The molecule has 0 aromatic heterocycles. The third-order valence-corrected chi connectivity index (χ3v) is 4.58. The molecule has 0 spiro atoms. The van der Waals surface area contributed by atoms with E-state index in [2.05, 4.69) is 5.32 Å². The number of nitrogens with zero attached hydrogens (tertiary/aromatic N) is 1. The number of hydrogen-bond donors (Lipinski definition) is 1. The van der Waals surface area contributed by atoms with Gasteiger partial charge in [-0.25, -0.2) is 4.39 Å². The summed E-state index contributed by atoms with van der Waals surface area (Å²) in [7, 11) is 1.37. The molecule has 0 bridgehead atoms. The van der Waals surface area contributed by atoms with Gasteiger partial charge in [0.2, 0.25) is 18.6 Å². The van der Waals surface area contributed by atoms with Gasteiger partial charge < -0.3 is 24.4 Å². The molecule has 2 amide bonds. The molecule has 27 heavy (non-hydrogen) atoms. The molecule has 2 aliphatic rings. The summed E-state index contributed by atoms with van der Waals surface area (Å²) in [4.78, 5) is 26.4. The highest BCUT2D eigenvalue weighted by molar-refractivity contribution is 6.03. The smallest absolute Gasteiger partial charge is 0.231 e. The number of anilines is 2. The van der Waals surface area contributed by atoms with Crippen molar-refractivity contribution >= 4 is 23.2 Å². The van der Waals surface area contributed by atoms with Crippen molar-refractivity contribution in [3.05, 3.63) is 42.2 Å². The lowest BCUT2D eigenvalue weighted by Gasteiger charge is -2.17. The molecular weight excluding hydrogens is 355 g/mol. The van der Waals surface area contributed by atoms with E-state index in [0.29, 0.717) is 22.9 Å². The van der Waals surface area contributed by atoms with Crippen molar-refractivity contribution in [2.24, 2.45) is 5.92 Å². The van der Waals surface area contributed by atoms with Crippen LogP contribution in [0.1, 0.15) is 6.42 Å². The molecule has 7 nitrogen and oxygen atoms in total. The summed E-state index contributed by atoms with van der Waals surface area (Å²) < 4.78 is 29.2. The van der Waals surface area contributed by atoms with Crippen LogP contribution in [0.25, 0.3) is 0 Å². The van der Waals surface area contributed by atoms with Crippen molar-refractivity contribution in [1.29, 1.82) is 0 Å². The average Bonchev–Trinajstić information content (AvgIpc) is 3.27. The van der Waals surface area contributed by atoms with Gasteiger partial charge >= 0.3 is 0 Å². The minimum Gasteiger partial charge on any atom is -0.494 e. The van der Waals surface area contributed by atoms with E-state index in [4.69, 9.17) is 14.2 Å². The van der Waals surface area contributed by atoms with Crippen LogP contribution in [0.2, 0.25) is 0 Å². The first-order valence-corrected chi connectivity index (χ1v) is 8.39. The van der Waals surface area contributed by atoms with Crippen LogP contribution in [0.4, 0.5) is 15.8 Å². The number of benzene rings is 2. The van der Waals surface area contributed by atoms with Crippen molar-refractivity contribution in [1.82, 2.24) is 0 Å². The maximum absolute atomic E-state index is 13.8. The van der Waals surface area contributed by atoms with Crippen molar-refractivity contribution in [3.8, 4) is 17.2 Å². The highest BCUT2D eigenvalue weighted by atomic mass is 19.1. The average molecular weight is 372 g/mol. The van der Waals surface area contributed by atoms with E-state index in [0.717, 1.165) is 0 Å². The lowest BCUT2D eigenvalue weighted by Crippen LogP contribution is -2.28. The predicted octanol–water partition coefficient (Wildman–Crippen LogP) is 2.55. The van der Waals surface area contributed by atoms with Gasteiger partial charge in [-0.3, -0.25) is 9.59 Å². The Kier molecular flexibility index (Phi) is 4.31. The number of hydrogen-bond acceptors (Lipinski definition) is 5. The fraction of sp³-hybridized carbons (Fsp3) is 0.263. The van der Waals surface area contributed by atoms with Crippen molar-refractivity contribution < 1.29 is 28.2 Å². The molecule has 1 atom stereocenters. The Labute approximate surface area is 154 Å². The molecule has 1 fully saturated rings. The van der Waals surface area contributed by atoms with E-state index >= 15 is 0 Å². The molecular formula is C19H17FN2O5. The number of halogens is 1. The van der Waals surface area contributed by atoms with Gasteiger partial charge in [-0.05, 0) is 24.3 Å². The van der Waals surface area contributed by atoms with Gasteiger partial charge in [0.1, 0.15) is 0 Å². The Balaban J connectivity index is 1.45. The van der Waals surface area contributed by atoms with Crippen LogP contribution >= 0.6 is 0 Å². The van der Waals surface area contributed by atoms with Crippen LogP contribution in [0, 0.1) is 11.7 Å². The first-order chi connectivity index (χ1) is 13.0. The van der Waals surface area contributed by atoms with Gasteiger partial charge in [-0.2, -0.15) is 0 Å². The van der Waals surface area contributed by atoms with Gasteiger partial charge in [0, 0.05) is 36.5 Å². The molecule has 0 radical (unpaired) electrons. The van der Waals surface area contributed by atoms with E-state index in [9.17, 15) is 14.0 Å². The molecule has 140 valence electrons. The topological polar surface area (TPSA) is 77.1 Å².